The number of carbonyl (C=O) groups is 1. The quantitative estimate of drug-likeness (QED) is 0.883. The number of halogens is 1. The number of hydrogen-bond acceptors (Lipinski definition) is 2. The minimum absolute atomic E-state index is 0.374. The highest BCUT2D eigenvalue weighted by Crippen LogP contribution is 2.19. The first kappa shape index (κ1) is 11.0. The minimum atomic E-state index is -0.426. The summed E-state index contributed by atoms with van der Waals surface area (Å²) >= 11 is 3.35. The van der Waals surface area contributed by atoms with E-state index in [-0.39, 0.29) is 0 Å². The third kappa shape index (κ3) is 3.38. The largest absolute Gasteiger partial charge is 0.450 e. The SMILES string of the molecule is CCOC(=O)Nc1cc(C)cc(Br)c1. The first-order valence-electron chi connectivity index (χ1n) is 4.33. The zero-order valence-corrected chi connectivity index (χ0v) is 9.72. The third-order valence-corrected chi connectivity index (χ3v) is 2.02. The van der Waals surface area contributed by atoms with E-state index in [0.29, 0.717) is 6.61 Å². The van der Waals surface area contributed by atoms with E-state index in [0.717, 1.165) is 15.7 Å². The van der Waals surface area contributed by atoms with Gasteiger partial charge >= 0.3 is 6.09 Å². The van der Waals surface area contributed by atoms with Crippen LogP contribution >= 0.6 is 15.9 Å². The van der Waals surface area contributed by atoms with E-state index in [1.807, 2.05) is 25.1 Å². The average Bonchev–Trinajstić information content (AvgIpc) is 2.01. The fourth-order valence-corrected chi connectivity index (χ4v) is 1.70. The zero-order chi connectivity index (χ0) is 10.6. The van der Waals surface area contributed by atoms with Gasteiger partial charge in [0.1, 0.15) is 0 Å². The molecule has 4 heteroatoms. The Hall–Kier alpha value is -1.03. The van der Waals surface area contributed by atoms with Gasteiger partial charge in [0.25, 0.3) is 0 Å². The van der Waals surface area contributed by atoms with Crippen LogP contribution in [0.3, 0.4) is 0 Å². The Labute approximate surface area is 91.6 Å². The van der Waals surface area contributed by atoms with Gasteiger partial charge in [-0.2, -0.15) is 0 Å². The van der Waals surface area contributed by atoms with Gasteiger partial charge in [0.2, 0.25) is 0 Å². The van der Waals surface area contributed by atoms with Crippen molar-refractivity contribution in [3.8, 4) is 0 Å². The molecule has 1 N–H and O–H groups in total. The molecule has 1 aromatic rings. The van der Waals surface area contributed by atoms with Crippen LogP contribution in [0.2, 0.25) is 0 Å². The number of amides is 1. The topological polar surface area (TPSA) is 38.3 Å². The summed E-state index contributed by atoms with van der Waals surface area (Å²) in [5.41, 5.74) is 1.81. The molecule has 0 unspecified atom stereocenters. The Morgan fingerprint density at radius 1 is 1.50 bits per heavy atom. The molecule has 0 saturated carbocycles. The molecular formula is C10H12BrNO2. The molecule has 1 aromatic carbocycles. The van der Waals surface area contributed by atoms with Crippen LogP contribution in [0, 0.1) is 6.92 Å². The number of nitrogens with one attached hydrogen (secondary N) is 1. The smallest absolute Gasteiger partial charge is 0.411 e. The van der Waals surface area contributed by atoms with Gasteiger partial charge < -0.3 is 4.74 Å². The Morgan fingerprint density at radius 3 is 2.79 bits per heavy atom. The predicted octanol–water partition coefficient (Wildman–Crippen LogP) is 3.33. The molecule has 76 valence electrons. The second-order valence-corrected chi connectivity index (χ2v) is 3.78. The lowest BCUT2D eigenvalue weighted by Gasteiger charge is -2.06. The highest BCUT2D eigenvalue weighted by molar-refractivity contribution is 9.10. The molecular weight excluding hydrogens is 246 g/mol. The number of carbonyl (C=O) groups excluding carboxylic acids is 1. The molecule has 1 amide bonds. The van der Waals surface area contributed by atoms with Crippen molar-refractivity contribution in [1.29, 1.82) is 0 Å². The monoisotopic (exact) mass is 257 g/mol. The summed E-state index contributed by atoms with van der Waals surface area (Å²) in [6, 6.07) is 5.67. The summed E-state index contributed by atoms with van der Waals surface area (Å²) in [5, 5.41) is 2.63. The zero-order valence-electron chi connectivity index (χ0n) is 8.13. The third-order valence-electron chi connectivity index (χ3n) is 1.56. The van der Waals surface area contributed by atoms with Gasteiger partial charge in [0.15, 0.2) is 0 Å². The Morgan fingerprint density at radius 2 is 2.21 bits per heavy atom. The van der Waals surface area contributed by atoms with Crippen LogP contribution in [-0.4, -0.2) is 12.7 Å². The molecule has 1 rings (SSSR count). The van der Waals surface area contributed by atoms with Gasteiger partial charge in [-0.05, 0) is 37.6 Å². The fraction of sp³-hybridized carbons (Fsp3) is 0.300. The predicted molar refractivity (Wildman–Crippen MR) is 59.5 cm³/mol. The Kier molecular flexibility index (Phi) is 3.95. The molecule has 0 atom stereocenters. The van der Waals surface area contributed by atoms with Crippen LogP contribution in [0.15, 0.2) is 22.7 Å². The summed E-state index contributed by atoms with van der Waals surface area (Å²) in [7, 11) is 0. The molecule has 0 spiro atoms. The van der Waals surface area contributed by atoms with Crippen LogP contribution in [0.5, 0.6) is 0 Å². The van der Waals surface area contributed by atoms with Crippen LogP contribution in [0.25, 0.3) is 0 Å². The first-order valence-corrected chi connectivity index (χ1v) is 5.12. The molecule has 0 saturated heterocycles. The second kappa shape index (κ2) is 5.00. The highest BCUT2D eigenvalue weighted by atomic mass is 79.9. The standard InChI is InChI=1S/C10H12BrNO2/c1-3-14-10(13)12-9-5-7(2)4-8(11)6-9/h4-6H,3H2,1-2H3,(H,12,13). The average molecular weight is 258 g/mol. The van der Waals surface area contributed by atoms with Crippen molar-refractivity contribution < 1.29 is 9.53 Å². The van der Waals surface area contributed by atoms with Gasteiger partial charge in [0, 0.05) is 10.2 Å². The first-order chi connectivity index (χ1) is 6.61. The minimum Gasteiger partial charge on any atom is -0.450 e. The van der Waals surface area contributed by atoms with E-state index in [1.165, 1.54) is 0 Å². The summed E-state index contributed by atoms with van der Waals surface area (Å²) < 4.78 is 5.69. The lowest BCUT2D eigenvalue weighted by Crippen LogP contribution is -2.13. The summed E-state index contributed by atoms with van der Waals surface area (Å²) in [4.78, 5) is 11.1. The molecule has 0 bridgehead atoms. The second-order valence-electron chi connectivity index (χ2n) is 2.86. The molecule has 0 heterocycles. The van der Waals surface area contributed by atoms with Crippen molar-refractivity contribution in [2.24, 2.45) is 0 Å². The van der Waals surface area contributed by atoms with Crippen LogP contribution in [-0.2, 0) is 4.74 Å². The Balaban J connectivity index is 2.71. The molecule has 0 aliphatic rings. The number of hydrogen-bond donors (Lipinski definition) is 1. The van der Waals surface area contributed by atoms with Gasteiger partial charge in [-0.15, -0.1) is 0 Å². The molecule has 14 heavy (non-hydrogen) atoms. The molecule has 0 aromatic heterocycles. The van der Waals surface area contributed by atoms with Gasteiger partial charge in [-0.25, -0.2) is 4.79 Å². The maximum Gasteiger partial charge on any atom is 0.411 e. The molecule has 3 nitrogen and oxygen atoms in total. The van der Waals surface area contributed by atoms with E-state index >= 15 is 0 Å². The van der Waals surface area contributed by atoms with E-state index in [9.17, 15) is 4.79 Å². The van der Waals surface area contributed by atoms with Crippen molar-refractivity contribution in [3.05, 3.63) is 28.2 Å². The molecule has 0 aliphatic heterocycles. The van der Waals surface area contributed by atoms with Crippen molar-refractivity contribution in [1.82, 2.24) is 0 Å². The van der Waals surface area contributed by atoms with Gasteiger partial charge in [-0.1, -0.05) is 15.9 Å². The summed E-state index contributed by atoms with van der Waals surface area (Å²) in [6.07, 6.45) is -0.426. The summed E-state index contributed by atoms with van der Waals surface area (Å²) in [6.45, 7) is 4.10. The van der Waals surface area contributed by atoms with E-state index in [2.05, 4.69) is 21.2 Å². The van der Waals surface area contributed by atoms with Crippen LogP contribution in [0.1, 0.15) is 12.5 Å². The fourth-order valence-electron chi connectivity index (χ4n) is 1.09. The van der Waals surface area contributed by atoms with E-state index < -0.39 is 6.09 Å². The van der Waals surface area contributed by atoms with Crippen LogP contribution < -0.4 is 5.32 Å². The normalized spacial score (nSPS) is 9.64. The number of aryl methyl sites for hydroxylation is 1. The Bertz CT molecular complexity index is 319. The lowest BCUT2D eigenvalue weighted by molar-refractivity contribution is 0.168. The van der Waals surface area contributed by atoms with E-state index in [1.54, 1.807) is 6.92 Å². The summed E-state index contributed by atoms with van der Waals surface area (Å²) in [5.74, 6) is 0. The van der Waals surface area contributed by atoms with Crippen molar-refractivity contribution >= 4 is 27.7 Å². The number of ether oxygens (including phenoxy) is 1. The number of rotatable bonds is 2. The molecule has 0 fully saturated rings. The number of anilines is 1. The maximum absolute atomic E-state index is 11.1. The molecule has 0 aliphatic carbocycles. The van der Waals surface area contributed by atoms with E-state index in [4.69, 9.17) is 4.74 Å². The lowest BCUT2D eigenvalue weighted by atomic mass is 10.2. The molecule has 0 radical (unpaired) electrons. The van der Waals surface area contributed by atoms with Crippen molar-refractivity contribution in [2.45, 2.75) is 13.8 Å². The van der Waals surface area contributed by atoms with Crippen molar-refractivity contribution in [2.75, 3.05) is 11.9 Å². The maximum atomic E-state index is 11.1. The van der Waals surface area contributed by atoms with Crippen LogP contribution in [0.4, 0.5) is 10.5 Å². The van der Waals surface area contributed by atoms with Gasteiger partial charge in [-0.3, -0.25) is 5.32 Å². The van der Waals surface area contributed by atoms with Gasteiger partial charge in [0.05, 0.1) is 6.61 Å². The van der Waals surface area contributed by atoms with Crippen molar-refractivity contribution in [3.63, 3.8) is 0 Å². The number of benzene rings is 1. The highest BCUT2D eigenvalue weighted by Gasteiger charge is 2.02.